The second-order valence-electron chi connectivity index (χ2n) is 9.85. The van der Waals surface area contributed by atoms with Gasteiger partial charge in [0.15, 0.2) is 5.78 Å². The van der Waals surface area contributed by atoms with E-state index in [0.717, 1.165) is 29.5 Å². The van der Waals surface area contributed by atoms with E-state index in [9.17, 15) is 14.4 Å². The van der Waals surface area contributed by atoms with Crippen LogP contribution in [0.1, 0.15) is 37.0 Å². The van der Waals surface area contributed by atoms with Crippen LogP contribution in [0.2, 0.25) is 0 Å². The molecular weight excluding hydrogens is 492 g/mol. The van der Waals surface area contributed by atoms with Crippen molar-refractivity contribution in [3.8, 4) is 22.6 Å². The summed E-state index contributed by atoms with van der Waals surface area (Å²) >= 11 is 0. The Hall–Kier alpha value is -4.29. The molecule has 0 amide bonds. The molecule has 39 heavy (non-hydrogen) atoms. The summed E-state index contributed by atoms with van der Waals surface area (Å²) in [6, 6.07) is 21.3. The summed E-state index contributed by atoms with van der Waals surface area (Å²) in [5.41, 5.74) is 5.70. The van der Waals surface area contributed by atoms with E-state index in [1.807, 2.05) is 24.3 Å². The highest BCUT2D eigenvalue weighted by molar-refractivity contribution is 5.96. The molecule has 1 saturated heterocycles. The van der Waals surface area contributed by atoms with E-state index in [4.69, 9.17) is 14.2 Å². The van der Waals surface area contributed by atoms with Crippen LogP contribution in [-0.4, -0.2) is 30.4 Å². The second kappa shape index (κ2) is 12.5. The van der Waals surface area contributed by atoms with Crippen LogP contribution < -0.4 is 9.47 Å². The topological polar surface area (TPSA) is 82.2 Å². The Morgan fingerprint density at radius 1 is 0.821 bits per heavy atom. The standard InChI is InChI=1S/C33H32O6/c1-21(2)30(34)18-27-17-24(9-16-31(27)39-33(36)22(3)4)6-5-23-7-10-25(11-8-23)26-12-14-28(15-13-26)38-32(35)19-29-20-37-29/h7-17,29H,1,3,5-6,18-20H2,2,4H3. The lowest BCUT2D eigenvalue weighted by molar-refractivity contribution is -0.134. The van der Waals surface area contributed by atoms with Gasteiger partial charge in [0.2, 0.25) is 0 Å². The largest absolute Gasteiger partial charge is 0.426 e. The van der Waals surface area contributed by atoms with Crippen molar-refractivity contribution in [3.05, 3.63) is 108 Å². The molecule has 0 bridgehead atoms. The summed E-state index contributed by atoms with van der Waals surface area (Å²) in [6.07, 6.45) is 1.97. The minimum absolute atomic E-state index is 0.00814. The van der Waals surface area contributed by atoms with Gasteiger partial charge in [-0.2, -0.15) is 0 Å². The van der Waals surface area contributed by atoms with Gasteiger partial charge in [-0.25, -0.2) is 4.79 Å². The second-order valence-corrected chi connectivity index (χ2v) is 9.85. The van der Waals surface area contributed by atoms with Gasteiger partial charge in [-0.15, -0.1) is 0 Å². The van der Waals surface area contributed by atoms with Crippen LogP contribution in [0.5, 0.6) is 11.5 Å². The molecule has 6 heteroatoms. The molecule has 1 atom stereocenters. The minimum atomic E-state index is -0.522. The van der Waals surface area contributed by atoms with Crippen LogP contribution in [0.3, 0.4) is 0 Å². The van der Waals surface area contributed by atoms with Gasteiger partial charge in [0.25, 0.3) is 0 Å². The number of hydrogen-bond acceptors (Lipinski definition) is 6. The monoisotopic (exact) mass is 524 g/mol. The van der Waals surface area contributed by atoms with Crippen molar-refractivity contribution < 1.29 is 28.6 Å². The Balaban J connectivity index is 1.38. The Morgan fingerprint density at radius 3 is 2.00 bits per heavy atom. The van der Waals surface area contributed by atoms with Crippen LogP contribution in [0.4, 0.5) is 0 Å². The van der Waals surface area contributed by atoms with Gasteiger partial charge in [0, 0.05) is 17.6 Å². The van der Waals surface area contributed by atoms with Crippen molar-refractivity contribution in [2.45, 2.75) is 45.6 Å². The number of ketones is 1. The summed E-state index contributed by atoms with van der Waals surface area (Å²) in [7, 11) is 0. The highest BCUT2D eigenvalue weighted by Crippen LogP contribution is 2.26. The van der Waals surface area contributed by atoms with Crippen molar-refractivity contribution in [2.75, 3.05) is 6.61 Å². The van der Waals surface area contributed by atoms with E-state index in [2.05, 4.69) is 37.4 Å². The maximum atomic E-state index is 12.3. The van der Waals surface area contributed by atoms with Gasteiger partial charge in [-0.1, -0.05) is 61.7 Å². The fraction of sp³-hybridized carbons (Fsp3) is 0.242. The molecule has 0 saturated carbocycles. The van der Waals surface area contributed by atoms with Gasteiger partial charge < -0.3 is 14.2 Å². The zero-order valence-corrected chi connectivity index (χ0v) is 22.3. The van der Waals surface area contributed by atoms with Crippen molar-refractivity contribution in [1.29, 1.82) is 0 Å². The van der Waals surface area contributed by atoms with Gasteiger partial charge in [0.1, 0.15) is 11.5 Å². The molecule has 4 rings (SSSR count). The Morgan fingerprint density at radius 2 is 1.41 bits per heavy atom. The smallest absolute Gasteiger partial charge is 0.338 e. The van der Waals surface area contributed by atoms with E-state index in [1.54, 1.807) is 32.0 Å². The maximum Gasteiger partial charge on any atom is 0.338 e. The zero-order chi connectivity index (χ0) is 27.9. The molecular formula is C33H32O6. The number of Topliss-reactive ketones (excluding diaryl/α,β-unsaturated/α-hetero) is 1. The summed E-state index contributed by atoms with van der Waals surface area (Å²) in [5.74, 6) is -0.0264. The molecule has 1 heterocycles. The van der Waals surface area contributed by atoms with E-state index < -0.39 is 5.97 Å². The van der Waals surface area contributed by atoms with Gasteiger partial charge in [0.05, 0.1) is 19.1 Å². The number of rotatable bonds is 12. The third-order valence-corrected chi connectivity index (χ3v) is 6.38. The molecule has 1 unspecified atom stereocenters. The normalized spacial score (nSPS) is 13.8. The summed E-state index contributed by atoms with van der Waals surface area (Å²) < 4.78 is 15.9. The van der Waals surface area contributed by atoms with Gasteiger partial charge in [-0.3, -0.25) is 9.59 Å². The molecule has 3 aromatic carbocycles. The van der Waals surface area contributed by atoms with Crippen molar-refractivity contribution in [2.24, 2.45) is 0 Å². The molecule has 0 aliphatic carbocycles. The molecule has 6 nitrogen and oxygen atoms in total. The molecule has 1 fully saturated rings. The predicted molar refractivity (Wildman–Crippen MR) is 150 cm³/mol. The number of hydrogen-bond donors (Lipinski definition) is 0. The Bertz CT molecular complexity index is 1400. The number of epoxide rings is 1. The average molecular weight is 525 g/mol. The fourth-order valence-corrected chi connectivity index (χ4v) is 3.95. The van der Waals surface area contributed by atoms with Crippen LogP contribution in [0.25, 0.3) is 11.1 Å². The molecule has 1 aliphatic heterocycles. The maximum absolute atomic E-state index is 12.3. The molecule has 3 aromatic rings. The summed E-state index contributed by atoms with van der Waals surface area (Å²) in [6.45, 7) is 11.2. The lowest BCUT2D eigenvalue weighted by Crippen LogP contribution is -2.12. The third-order valence-electron chi connectivity index (χ3n) is 6.38. The fourth-order valence-electron chi connectivity index (χ4n) is 3.95. The predicted octanol–water partition coefficient (Wildman–Crippen LogP) is 6.00. The molecule has 1 aliphatic rings. The first-order valence-corrected chi connectivity index (χ1v) is 12.9. The number of esters is 2. The van der Waals surface area contributed by atoms with Crippen LogP contribution >= 0.6 is 0 Å². The highest BCUT2D eigenvalue weighted by Gasteiger charge is 2.26. The first-order valence-electron chi connectivity index (χ1n) is 12.9. The van der Waals surface area contributed by atoms with Gasteiger partial charge in [-0.05, 0) is 72.7 Å². The lowest BCUT2D eigenvalue weighted by Gasteiger charge is -2.12. The highest BCUT2D eigenvalue weighted by atomic mass is 16.6. The van der Waals surface area contributed by atoms with E-state index in [-0.39, 0.29) is 30.7 Å². The number of benzene rings is 3. The molecule has 0 spiro atoms. The van der Waals surface area contributed by atoms with E-state index >= 15 is 0 Å². The molecule has 200 valence electrons. The first-order chi connectivity index (χ1) is 18.7. The number of carbonyl (C=O) groups excluding carboxylic acids is 3. The number of aryl methyl sites for hydroxylation is 2. The van der Waals surface area contributed by atoms with E-state index in [0.29, 0.717) is 34.8 Å². The first kappa shape index (κ1) is 27.7. The minimum Gasteiger partial charge on any atom is -0.426 e. The van der Waals surface area contributed by atoms with Crippen LogP contribution in [0, 0.1) is 0 Å². The van der Waals surface area contributed by atoms with E-state index in [1.165, 1.54) is 5.56 Å². The summed E-state index contributed by atoms with van der Waals surface area (Å²) in [4.78, 5) is 36.3. The summed E-state index contributed by atoms with van der Waals surface area (Å²) in [5, 5.41) is 0. The van der Waals surface area contributed by atoms with Gasteiger partial charge >= 0.3 is 11.9 Å². The lowest BCUT2D eigenvalue weighted by atomic mass is 9.97. The van der Waals surface area contributed by atoms with Crippen molar-refractivity contribution in [1.82, 2.24) is 0 Å². The Kier molecular flexibility index (Phi) is 8.89. The quantitative estimate of drug-likeness (QED) is 0.125. The van der Waals surface area contributed by atoms with Crippen LogP contribution in [-0.2, 0) is 38.4 Å². The third kappa shape index (κ3) is 8.09. The number of ether oxygens (including phenoxy) is 3. The SMILES string of the molecule is C=C(C)C(=O)Cc1cc(CCc2ccc(-c3ccc(OC(=O)CC4CO4)cc3)cc2)ccc1OC(=O)C(=C)C. The Labute approximate surface area is 228 Å². The van der Waals surface area contributed by atoms with Crippen LogP contribution in [0.15, 0.2) is 91.0 Å². The number of allylic oxidation sites excluding steroid dienone is 1. The van der Waals surface area contributed by atoms with Crippen molar-refractivity contribution >= 4 is 17.7 Å². The van der Waals surface area contributed by atoms with Crippen molar-refractivity contribution in [3.63, 3.8) is 0 Å². The molecule has 0 aromatic heterocycles. The zero-order valence-electron chi connectivity index (χ0n) is 22.3. The molecule has 0 radical (unpaired) electrons. The molecule has 0 N–H and O–H groups in total. The number of carbonyl (C=O) groups is 3. The average Bonchev–Trinajstić information content (AvgIpc) is 3.73.